The molecule has 0 radical (unpaired) electrons. The van der Waals surface area contributed by atoms with Gasteiger partial charge in [0.05, 0.1) is 4.90 Å². The normalized spacial score (nSPS) is 11.1. The molecule has 0 spiro atoms. The van der Waals surface area contributed by atoms with E-state index in [1.807, 2.05) is 12.1 Å². The number of benzene rings is 2. The monoisotopic (exact) mass is 414 g/mol. The van der Waals surface area contributed by atoms with Gasteiger partial charge in [0.1, 0.15) is 11.5 Å². The number of rotatable bonds is 11. The zero-order valence-corrected chi connectivity index (χ0v) is 19.5. The van der Waals surface area contributed by atoms with Crippen LogP contribution in [0.2, 0.25) is 0 Å². The van der Waals surface area contributed by atoms with Crippen molar-refractivity contribution >= 4 is 10.1 Å². The fourth-order valence-corrected chi connectivity index (χ4v) is 3.57. The summed E-state index contributed by atoms with van der Waals surface area (Å²) in [5, 5.41) is 12.3. The molecule has 148 valence electrons. The first kappa shape index (κ1) is 25.0. The Labute approximate surface area is 190 Å². The van der Waals surface area contributed by atoms with Crippen LogP contribution in [0, 0.1) is 0 Å². The second-order valence-corrected chi connectivity index (χ2v) is 8.03. The van der Waals surface area contributed by atoms with Crippen LogP contribution in [0.1, 0.15) is 57.4 Å². The zero-order valence-electron chi connectivity index (χ0n) is 16.7. The number of hydrogen-bond acceptors (Lipinski definition) is 4. The van der Waals surface area contributed by atoms with Crippen LogP contribution in [0.4, 0.5) is 0 Å². The third kappa shape index (κ3) is 7.76. The van der Waals surface area contributed by atoms with Crippen LogP contribution in [0.15, 0.2) is 47.4 Å². The average Bonchev–Trinajstić information content (AvgIpc) is 2.63. The molecule has 0 aromatic heterocycles. The Morgan fingerprint density at radius 1 is 0.893 bits per heavy atom. The van der Waals surface area contributed by atoms with E-state index >= 15 is 0 Å². The maximum Gasteiger partial charge on any atom is 1.00 e. The van der Waals surface area contributed by atoms with E-state index in [0.717, 1.165) is 30.9 Å². The van der Waals surface area contributed by atoms with Gasteiger partial charge in [-0.15, -0.1) is 0 Å². The molecule has 0 heterocycles. The van der Waals surface area contributed by atoms with E-state index in [0.29, 0.717) is 5.75 Å². The van der Waals surface area contributed by atoms with Gasteiger partial charge in [0.2, 0.25) is 0 Å². The molecule has 7 heteroatoms. The molecule has 2 aromatic rings. The average molecular weight is 414 g/mol. The van der Waals surface area contributed by atoms with Gasteiger partial charge in [-0.1, -0.05) is 69.7 Å². The molecule has 0 aliphatic rings. The molecule has 0 bridgehead atoms. The second kappa shape index (κ2) is 12.5. The van der Waals surface area contributed by atoms with Crippen molar-refractivity contribution in [2.45, 2.75) is 63.2 Å². The van der Waals surface area contributed by atoms with E-state index in [1.54, 1.807) is 12.1 Å². The van der Waals surface area contributed by atoms with Gasteiger partial charge in [-0.05, 0) is 42.4 Å². The van der Waals surface area contributed by atoms with Crippen molar-refractivity contribution in [2.24, 2.45) is 0 Å². The van der Waals surface area contributed by atoms with Gasteiger partial charge in [-0.25, -0.2) is 0 Å². The minimum Gasteiger partial charge on any atom is -0.869 e. The van der Waals surface area contributed by atoms with Crippen molar-refractivity contribution in [2.75, 3.05) is 0 Å². The molecule has 2 rings (SSSR count). The molecule has 0 saturated heterocycles. The molecule has 0 aliphatic carbocycles. The third-order valence-corrected chi connectivity index (χ3v) is 5.34. The van der Waals surface area contributed by atoms with E-state index < -0.39 is 20.8 Å². The van der Waals surface area contributed by atoms with Gasteiger partial charge in [0.25, 0.3) is 10.1 Å². The van der Waals surface area contributed by atoms with Gasteiger partial charge >= 0.3 is 29.6 Å². The Bertz CT molecular complexity index is 836. The van der Waals surface area contributed by atoms with Crippen molar-refractivity contribution in [3.05, 3.63) is 48.0 Å². The van der Waals surface area contributed by atoms with E-state index in [-0.39, 0.29) is 35.3 Å². The Morgan fingerprint density at radius 3 is 2.18 bits per heavy atom. The molecule has 0 unspecified atom stereocenters. The van der Waals surface area contributed by atoms with Crippen molar-refractivity contribution in [1.29, 1.82) is 0 Å². The largest absolute Gasteiger partial charge is 1.00 e. The van der Waals surface area contributed by atoms with E-state index in [9.17, 15) is 13.5 Å². The number of aryl methyl sites for hydroxylation is 1. The molecule has 5 nitrogen and oxygen atoms in total. The number of ether oxygens (including phenoxy) is 1. The first-order valence-corrected chi connectivity index (χ1v) is 10.9. The number of para-hydroxylation sites is 2. The maximum absolute atomic E-state index is 12.3. The molecular weight excluding hydrogens is 387 g/mol. The van der Waals surface area contributed by atoms with Gasteiger partial charge in [-0.2, -0.15) is 8.42 Å². The van der Waals surface area contributed by atoms with Crippen LogP contribution < -0.4 is 39.4 Å². The number of unbranched alkanes of at least 4 members (excludes halogenated alkanes) is 6. The van der Waals surface area contributed by atoms with Crippen molar-refractivity contribution < 1.29 is 52.4 Å². The fraction of sp³-hybridized carbons (Fsp3) is 0.429. The Balaban J connectivity index is 0.00000392. The van der Waals surface area contributed by atoms with Gasteiger partial charge < -0.3 is 9.84 Å². The molecule has 1 N–H and O–H groups in total. The Morgan fingerprint density at radius 2 is 1.50 bits per heavy atom. The third-order valence-electron chi connectivity index (χ3n) is 4.46. The topological polar surface area (TPSA) is 86.7 Å². The van der Waals surface area contributed by atoms with Crippen LogP contribution in [0.5, 0.6) is 17.2 Å². The summed E-state index contributed by atoms with van der Waals surface area (Å²) in [6.45, 7) is 2.20. The van der Waals surface area contributed by atoms with Crippen LogP contribution in [-0.2, 0) is 16.5 Å². The zero-order chi connectivity index (χ0) is 19.7. The van der Waals surface area contributed by atoms with E-state index in [2.05, 4.69) is 6.92 Å². The van der Waals surface area contributed by atoms with Crippen LogP contribution >= 0.6 is 0 Å². The van der Waals surface area contributed by atoms with Gasteiger partial charge in [0, 0.05) is 0 Å². The predicted octanol–water partition coefficient (Wildman–Crippen LogP) is 2.10. The smallest absolute Gasteiger partial charge is 0.869 e. The molecule has 2 aromatic carbocycles. The summed E-state index contributed by atoms with van der Waals surface area (Å²) in [4.78, 5) is -0.676. The Hall–Kier alpha value is -1.05. The second-order valence-electron chi connectivity index (χ2n) is 6.64. The number of hydrogen-bond donors (Lipinski definition) is 1. The summed E-state index contributed by atoms with van der Waals surface area (Å²) in [5.74, 6) is -0.420. The minimum absolute atomic E-state index is 0. The van der Waals surface area contributed by atoms with Crippen molar-refractivity contribution in [3.8, 4) is 17.2 Å². The summed E-state index contributed by atoms with van der Waals surface area (Å²) in [6, 6.07) is 11.3. The summed E-state index contributed by atoms with van der Waals surface area (Å²) in [6.07, 6.45) is 9.29. The van der Waals surface area contributed by atoms with Gasteiger partial charge in [0.15, 0.2) is 0 Å². The predicted molar refractivity (Wildman–Crippen MR) is 104 cm³/mol. The van der Waals surface area contributed by atoms with Crippen LogP contribution in [-0.4, -0.2) is 13.0 Å². The van der Waals surface area contributed by atoms with E-state index in [1.165, 1.54) is 44.2 Å². The molecule has 0 saturated carbocycles. The summed E-state index contributed by atoms with van der Waals surface area (Å²) in [7, 11) is -4.58. The van der Waals surface area contributed by atoms with Crippen molar-refractivity contribution in [3.63, 3.8) is 0 Å². The van der Waals surface area contributed by atoms with E-state index in [4.69, 9.17) is 9.29 Å². The quantitative estimate of drug-likeness (QED) is 0.346. The summed E-state index contributed by atoms with van der Waals surface area (Å²) < 4.78 is 37.4. The first-order valence-electron chi connectivity index (χ1n) is 9.46. The first-order chi connectivity index (χ1) is 12.9. The van der Waals surface area contributed by atoms with Crippen LogP contribution in [0.3, 0.4) is 0 Å². The summed E-state index contributed by atoms with van der Waals surface area (Å²) in [5.41, 5.74) is 0.975. The minimum atomic E-state index is -4.58. The summed E-state index contributed by atoms with van der Waals surface area (Å²) >= 11 is 0. The molecule has 0 aliphatic heterocycles. The molecule has 0 atom stereocenters. The SMILES string of the molecule is CCCCCCCCCc1ccccc1Oc1cccc(S(=O)(=O)O)c1[O-].[Na+]. The fourth-order valence-electron chi connectivity index (χ4n) is 2.98. The Kier molecular flexibility index (Phi) is 11.2. The molecule has 0 fully saturated rings. The molecule has 28 heavy (non-hydrogen) atoms. The molecular formula is C21H27NaO5S. The van der Waals surface area contributed by atoms with Crippen molar-refractivity contribution in [1.82, 2.24) is 0 Å². The van der Waals surface area contributed by atoms with Gasteiger partial charge in [-0.3, -0.25) is 4.55 Å². The van der Waals surface area contributed by atoms with Crippen LogP contribution in [0.25, 0.3) is 0 Å². The maximum atomic E-state index is 12.3. The standard InChI is InChI=1S/C21H28O5S.Na/c1-2-3-4-5-6-7-8-12-17-13-9-10-14-18(17)26-19-15-11-16-20(21(19)22)27(23,24)25;/h9-11,13-16,22H,2-8,12H2,1H3,(H,23,24,25);/q;+1/p-1. The molecule has 0 amide bonds.